The molecule has 0 N–H and O–H groups in total. The summed E-state index contributed by atoms with van der Waals surface area (Å²) in [6, 6.07) is 8.82. The van der Waals surface area contributed by atoms with Gasteiger partial charge in [0, 0.05) is 11.6 Å². The summed E-state index contributed by atoms with van der Waals surface area (Å²) in [5.41, 5.74) is 0.560. The Balaban J connectivity index is 2.45. The molecule has 0 saturated heterocycles. The number of benzene rings is 1. The molecular formula is C16H18F3N. The summed E-state index contributed by atoms with van der Waals surface area (Å²) < 4.78 is 39.9. The molecule has 0 bridgehead atoms. The Hall–Kier alpha value is -1.58. The van der Waals surface area contributed by atoms with Gasteiger partial charge < -0.3 is 0 Å². The summed E-state index contributed by atoms with van der Waals surface area (Å²) in [4.78, 5) is 4.15. The quantitative estimate of drug-likeness (QED) is 0.726. The number of hydrogen-bond donors (Lipinski definition) is 0. The molecule has 0 fully saturated rings. The van der Waals surface area contributed by atoms with E-state index >= 15 is 0 Å². The van der Waals surface area contributed by atoms with Gasteiger partial charge in [0.25, 0.3) is 0 Å². The Morgan fingerprint density at radius 2 is 1.75 bits per heavy atom. The molecule has 1 aromatic heterocycles. The number of hydrogen-bond acceptors (Lipinski definition) is 1. The lowest BCUT2D eigenvalue weighted by Gasteiger charge is -2.28. The predicted molar refractivity (Wildman–Crippen MR) is 74.6 cm³/mol. The molecule has 2 rings (SSSR count). The van der Waals surface area contributed by atoms with Crippen molar-refractivity contribution in [1.29, 1.82) is 0 Å². The predicted octanol–water partition coefficient (Wildman–Crippen LogP) is 5.32. The minimum absolute atomic E-state index is 0.0521. The molecule has 0 unspecified atom stereocenters. The molecule has 1 atom stereocenters. The van der Waals surface area contributed by atoms with Crippen LogP contribution in [0.4, 0.5) is 13.2 Å². The number of fused-ring (bicyclic) bond motifs is 1. The Morgan fingerprint density at radius 1 is 1.10 bits per heavy atom. The van der Waals surface area contributed by atoms with Gasteiger partial charge in [-0.2, -0.15) is 13.2 Å². The average Bonchev–Trinajstić information content (AvgIpc) is 2.33. The van der Waals surface area contributed by atoms with Crippen molar-refractivity contribution in [3.8, 4) is 0 Å². The van der Waals surface area contributed by atoms with Crippen molar-refractivity contribution in [1.82, 2.24) is 4.98 Å². The van der Waals surface area contributed by atoms with Crippen LogP contribution in [0.5, 0.6) is 0 Å². The molecule has 20 heavy (non-hydrogen) atoms. The van der Waals surface area contributed by atoms with Crippen molar-refractivity contribution in [3.63, 3.8) is 0 Å². The van der Waals surface area contributed by atoms with E-state index in [4.69, 9.17) is 0 Å². The summed E-state index contributed by atoms with van der Waals surface area (Å²) in [7, 11) is 0. The summed E-state index contributed by atoms with van der Waals surface area (Å²) in [5, 5.41) is 0.744. The molecule has 0 amide bonds. The van der Waals surface area contributed by atoms with Crippen molar-refractivity contribution in [2.45, 2.75) is 39.3 Å². The van der Waals surface area contributed by atoms with E-state index in [9.17, 15) is 13.2 Å². The Kier molecular flexibility index (Phi) is 3.76. The smallest absolute Gasteiger partial charge is 0.256 e. The van der Waals surface area contributed by atoms with Crippen LogP contribution in [0.1, 0.15) is 38.7 Å². The first-order valence-corrected chi connectivity index (χ1v) is 6.58. The Labute approximate surface area is 116 Å². The Bertz CT molecular complexity index is 596. The molecule has 1 nitrogen and oxygen atoms in total. The van der Waals surface area contributed by atoms with Crippen molar-refractivity contribution >= 4 is 10.9 Å². The minimum Gasteiger partial charge on any atom is -0.256 e. The first-order chi connectivity index (χ1) is 9.17. The summed E-state index contributed by atoms with van der Waals surface area (Å²) >= 11 is 0. The van der Waals surface area contributed by atoms with Crippen molar-refractivity contribution in [2.75, 3.05) is 0 Å². The molecule has 0 aliphatic carbocycles. The number of alkyl halides is 3. The standard InChI is InChI=1S/C16H18F3N/c1-15(2,3)9-13(16(17,18)19)12-8-11-6-4-5-7-14(11)20-10-12/h4-8,10,13H,9H2,1-3H3/t13-/m1/s1. The van der Waals surface area contributed by atoms with E-state index in [2.05, 4.69) is 4.98 Å². The zero-order chi connectivity index (χ0) is 15.0. The monoisotopic (exact) mass is 281 g/mol. The number of rotatable bonds is 2. The van der Waals surface area contributed by atoms with Crippen LogP contribution in [0, 0.1) is 5.41 Å². The molecule has 4 heteroatoms. The molecule has 0 saturated carbocycles. The number of pyridine rings is 1. The summed E-state index contributed by atoms with van der Waals surface area (Å²) in [5.74, 6) is -1.47. The van der Waals surface area contributed by atoms with E-state index in [1.807, 2.05) is 26.8 Å². The molecule has 0 aliphatic heterocycles. The molecule has 0 aliphatic rings. The van der Waals surface area contributed by atoms with Crippen LogP contribution in [-0.4, -0.2) is 11.2 Å². The second-order valence-electron chi connectivity index (χ2n) is 6.32. The van der Waals surface area contributed by atoms with E-state index in [0.717, 1.165) is 5.39 Å². The van der Waals surface area contributed by atoms with Crippen LogP contribution in [-0.2, 0) is 0 Å². The van der Waals surface area contributed by atoms with Gasteiger partial charge in [0.2, 0.25) is 0 Å². The van der Waals surface area contributed by atoms with Gasteiger partial charge in [0.05, 0.1) is 11.4 Å². The lowest BCUT2D eigenvalue weighted by atomic mass is 9.81. The van der Waals surface area contributed by atoms with Crippen molar-refractivity contribution in [2.24, 2.45) is 5.41 Å². The summed E-state index contributed by atoms with van der Waals surface area (Å²) in [6.45, 7) is 5.46. The second kappa shape index (κ2) is 5.08. The van der Waals surface area contributed by atoms with Gasteiger partial charge in [0.1, 0.15) is 0 Å². The van der Waals surface area contributed by atoms with E-state index in [1.165, 1.54) is 6.20 Å². The highest BCUT2D eigenvalue weighted by Gasteiger charge is 2.42. The minimum atomic E-state index is -4.25. The highest BCUT2D eigenvalue weighted by Crippen LogP contribution is 2.42. The van der Waals surface area contributed by atoms with Gasteiger partial charge in [0.15, 0.2) is 0 Å². The fourth-order valence-corrected chi connectivity index (χ4v) is 2.31. The summed E-state index contributed by atoms with van der Waals surface area (Å²) in [6.07, 6.45) is -2.85. The second-order valence-corrected chi connectivity index (χ2v) is 6.32. The molecular weight excluding hydrogens is 263 g/mol. The zero-order valence-electron chi connectivity index (χ0n) is 11.8. The lowest BCUT2D eigenvalue weighted by molar-refractivity contribution is -0.156. The van der Waals surface area contributed by atoms with Gasteiger partial charge in [-0.25, -0.2) is 0 Å². The number of halogens is 3. The van der Waals surface area contributed by atoms with E-state index in [1.54, 1.807) is 24.3 Å². The van der Waals surface area contributed by atoms with Gasteiger partial charge >= 0.3 is 6.18 Å². The van der Waals surface area contributed by atoms with E-state index in [0.29, 0.717) is 5.52 Å². The highest BCUT2D eigenvalue weighted by atomic mass is 19.4. The third kappa shape index (κ3) is 3.50. The van der Waals surface area contributed by atoms with E-state index < -0.39 is 17.5 Å². The SMILES string of the molecule is CC(C)(C)C[C@H](c1cnc2ccccc2c1)C(F)(F)F. The highest BCUT2D eigenvalue weighted by molar-refractivity contribution is 5.78. The van der Waals surface area contributed by atoms with Gasteiger partial charge in [-0.15, -0.1) is 0 Å². The molecule has 1 heterocycles. The maximum atomic E-state index is 13.3. The topological polar surface area (TPSA) is 12.9 Å². The van der Waals surface area contributed by atoms with Gasteiger partial charge in [-0.3, -0.25) is 4.98 Å². The van der Waals surface area contributed by atoms with Crippen LogP contribution < -0.4 is 0 Å². The molecule has 2 aromatic rings. The van der Waals surface area contributed by atoms with Crippen LogP contribution in [0.15, 0.2) is 36.5 Å². The largest absolute Gasteiger partial charge is 0.395 e. The van der Waals surface area contributed by atoms with E-state index in [-0.39, 0.29) is 12.0 Å². The van der Waals surface area contributed by atoms with Gasteiger partial charge in [-0.05, 0) is 29.5 Å². The fourth-order valence-electron chi connectivity index (χ4n) is 2.31. The number of aromatic nitrogens is 1. The molecule has 1 aromatic carbocycles. The van der Waals surface area contributed by atoms with Crippen LogP contribution in [0.25, 0.3) is 10.9 Å². The Morgan fingerprint density at radius 3 is 2.35 bits per heavy atom. The number of para-hydroxylation sites is 1. The third-order valence-electron chi connectivity index (χ3n) is 3.23. The normalized spacial score (nSPS) is 14.5. The van der Waals surface area contributed by atoms with Crippen LogP contribution >= 0.6 is 0 Å². The average molecular weight is 281 g/mol. The molecule has 0 spiro atoms. The van der Waals surface area contributed by atoms with Gasteiger partial charge in [-0.1, -0.05) is 39.0 Å². The molecule has 108 valence electrons. The third-order valence-corrected chi connectivity index (χ3v) is 3.23. The first kappa shape index (κ1) is 14.8. The first-order valence-electron chi connectivity index (χ1n) is 6.58. The zero-order valence-corrected chi connectivity index (χ0v) is 11.8. The van der Waals surface area contributed by atoms with Crippen molar-refractivity contribution in [3.05, 3.63) is 42.1 Å². The van der Waals surface area contributed by atoms with Crippen LogP contribution in [0.3, 0.4) is 0 Å². The maximum absolute atomic E-state index is 13.3. The van der Waals surface area contributed by atoms with Crippen molar-refractivity contribution < 1.29 is 13.2 Å². The van der Waals surface area contributed by atoms with Crippen LogP contribution in [0.2, 0.25) is 0 Å². The lowest BCUT2D eigenvalue weighted by Crippen LogP contribution is -2.25. The number of nitrogens with zero attached hydrogens (tertiary/aromatic N) is 1. The fraction of sp³-hybridized carbons (Fsp3) is 0.438. The molecule has 0 radical (unpaired) electrons. The maximum Gasteiger partial charge on any atom is 0.395 e.